The van der Waals surface area contributed by atoms with Crippen LogP contribution in [-0.4, -0.2) is 31.5 Å². The molecule has 0 amide bonds. The minimum atomic E-state index is -0.619. The van der Waals surface area contributed by atoms with Crippen LogP contribution in [0.3, 0.4) is 0 Å². The SMILES string of the molecule is COc1cc(-c2cc(=O)oc3c2=C(O)CC=C(O)C=3)cc(OC)c1OC. The second-order valence-electron chi connectivity index (χ2n) is 5.56. The van der Waals surface area contributed by atoms with Gasteiger partial charge in [-0.1, -0.05) is 0 Å². The molecule has 0 spiro atoms. The first-order valence-corrected chi connectivity index (χ1v) is 7.76. The summed E-state index contributed by atoms with van der Waals surface area (Å²) in [5, 5.41) is 20.6. The van der Waals surface area contributed by atoms with Crippen molar-refractivity contribution in [2.75, 3.05) is 21.3 Å². The molecule has 136 valence electrons. The van der Waals surface area contributed by atoms with Crippen LogP contribution in [0, 0.1) is 0 Å². The Balaban J connectivity index is 2.41. The van der Waals surface area contributed by atoms with Gasteiger partial charge in [-0.2, -0.15) is 0 Å². The monoisotopic (exact) mass is 358 g/mol. The highest BCUT2D eigenvalue weighted by atomic mass is 16.5. The van der Waals surface area contributed by atoms with Gasteiger partial charge in [0, 0.05) is 24.1 Å². The predicted octanol–water partition coefficient (Wildman–Crippen LogP) is 1.62. The third-order valence-corrected chi connectivity index (χ3v) is 4.04. The summed E-state index contributed by atoms with van der Waals surface area (Å²) in [6.45, 7) is 0. The average molecular weight is 358 g/mol. The van der Waals surface area contributed by atoms with E-state index in [4.69, 9.17) is 18.6 Å². The van der Waals surface area contributed by atoms with Crippen LogP contribution in [0.4, 0.5) is 0 Å². The number of hydrogen-bond acceptors (Lipinski definition) is 7. The molecule has 7 nitrogen and oxygen atoms in total. The fourth-order valence-corrected chi connectivity index (χ4v) is 2.87. The standard InChI is InChI=1S/C19H18O7/c1-23-15-6-10(7-16(24-2)19(15)25-3)12-9-17(22)26-14-8-11(20)4-5-13(21)18(12)14/h4,6-9,20-21H,5H2,1-3H3. The number of aliphatic hydroxyl groups excluding tert-OH is 2. The Morgan fingerprint density at radius 1 is 1.00 bits per heavy atom. The Morgan fingerprint density at radius 2 is 1.65 bits per heavy atom. The molecule has 1 aliphatic rings. The summed E-state index contributed by atoms with van der Waals surface area (Å²) in [6, 6.07) is 4.61. The zero-order valence-corrected chi connectivity index (χ0v) is 14.5. The van der Waals surface area contributed by atoms with Crippen molar-refractivity contribution in [2.45, 2.75) is 6.42 Å². The van der Waals surface area contributed by atoms with Gasteiger partial charge in [0.1, 0.15) is 16.9 Å². The van der Waals surface area contributed by atoms with Crippen molar-refractivity contribution in [2.24, 2.45) is 0 Å². The number of benzene rings is 1. The molecule has 0 unspecified atom stereocenters. The van der Waals surface area contributed by atoms with Gasteiger partial charge in [0.2, 0.25) is 5.75 Å². The minimum Gasteiger partial charge on any atom is -0.511 e. The third-order valence-electron chi connectivity index (χ3n) is 4.04. The fraction of sp³-hybridized carbons (Fsp3) is 0.211. The average Bonchev–Trinajstić information content (AvgIpc) is 2.77. The molecule has 1 aromatic heterocycles. The van der Waals surface area contributed by atoms with Crippen molar-refractivity contribution in [3.8, 4) is 28.4 Å². The summed E-state index contributed by atoms with van der Waals surface area (Å²) < 4.78 is 21.2. The highest BCUT2D eigenvalue weighted by Crippen LogP contribution is 2.40. The Bertz CT molecular complexity index is 1040. The van der Waals surface area contributed by atoms with Gasteiger partial charge in [0.15, 0.2) is 11.5 Å². The van der Waals surface area contributed by atoms with E-state index in [9.17, 15) is 15.0 Å². The molecule has 0 saturated heterocycles. The van der Waals surface area contributed by atoms with Crippen LogP contribution in [0.1, 0.15) is 6.42 Å². The molecular weight excluding hydrogens is 340 g/mol. The Morgan fingerprint density at radius 3 is 2.23 bits per heavy atom. The summed E-state index contributed by atoms with van der Waals surface area (Å²) in [7, 11) is 4.47. The van der Waals surface area contributed by atoms with Crippen LogP contribution in [-0.2, 0) is 0 Å². The lowest BCUT2D eigenvalue weighted by Gasteiger charge is -2.14. The van der Waals surface area contributed by atoms with E-state index in [1.165, 1.54) is 39.5 Å². The molecule has 26 heavy (non-hydrogen) atoms. The summed E-state index contributed by atoms with van der Waals surface area (Å²) in [4.78, 5) is 12.0. The molecule has 7 heteroatoms. The fourth-order valence-electron chi connectivity index (χ4n) is 2.87. The van der Waals surface area contributed by atoms with Crippen molar-refractivity contribution in [3.05, 3.63) is 51.1 Å². The smallest absolute Gasteiger partial charge is 0.336 e. The van der Waals surface area contributed by atoms with Gasteiger partial charge >= 0.3 is 5.63 Å². The van der Waals surface area contributed by atoms with Crippen LogP contribution in [0.25, 0.3) is 23.0 Å². The Kier molecular flexibility index (Phi) is 4.62. The van der Waals surface area contributed by atoms with Crippen molar-refractivity contribution in [1.82, 2.24) is 0 Å². The number of ether oxygens (including phenoxy) is 3. The molecule has 0 radical (unpaired) electrons. The maximum Gasteiger partial charge on any atom is 0.336 e. The third kappa shape index (κ3) is 2.99. The van der Waals surface area contributed by atoms with Crippen molar-refractivity contribution < 1.29 is 28.8 Å². The van der Waals surface area contributed by atoms with E-state index in [0.717, 1.165) is 0 Å². The zero-order valence-electron chi connectivity index (χ0n) is 14.5. The number of allylic oxidation sites excluding steroid dienone is 1. The van der Waals surface area contributed by atoms with Gasteiger partial charge in [-0.25, -0.2) is 4.79 Å². The summed E-state index contributed by atoms with van der Waals surface area (Å²) in [5.41, 5.74) is 0.439. The van der Waals surface area contributed by atoms with Gasteiger partial charge in [-0.3, -0.25) is 0 Å². The lowest BCUT2D eigenvalue weighted by Crippen LogP contribution is -2.32. The van der Waals surface area contributed by atoms with E-state index in [1.54, 1.807) is 12.1 Å². The van der Waals surface area contributed by atoms with Gasteiger partial charge < -0.3 is 28.8 Å². The van der Waals surface area contributed by atoms with E-state index in [-0.39, 0.29) is 23.4 Å². The lowest BCUT2D eigenvalue weighted by molar-refractivity contribution is 0.324. The molecule has 1 heterocycles. The molecule has 0 bridgehead atoms. The molecule has 2 aromatic rings. The first kappa shape index (κ1) is 17.5. The number of fused-ring (bicyclic) bond motifs is 1. The predicted molar refractivity (Wildman–Crippen MR) is 95.2 cm³/mol. The molecule has 0 aliphatic heterocycles. The highest BCUT2D eigenvalue weighted by molar-refractivity contribution is 5.73. The second-order valence-corrected chi connectivity index (χ2v) is 5.56. The number of methoxy groups -OCH3 is 3. The van der Waals surface area contributed by atoms with Crippen LogP contribution in [0.15, 0.2) is 39.2 Å². The molecular formula is C19H18O7. The van der Waals surface area contributed by atoms with Crippen molar-refractivity contribution in [1.29, 1.82) is 0 Å². The van der Waals surface area contributed by atoms with Gasteiger partial charge in [-0.05, 0) is 23.8 Å². The van der Waals surface area contributed by atoms with Crippen LogP contribution < -0.4 is 30.5 Å². The van der Waals surface area contributed by atoms with Gasteiger partial charge in [0.25, 0.3) is 0 Å². The molecule has 2 N–H and O–H groups in total. The topological polar surface area (TPSA) is 98.4 Å². The largest absolute Gasteiger partial charge is 0.511 e. The van der Waals surface area contributed by atoms with E-state index >= 15 is 0 Å². The van der Waals surface area contributed by atoms with Crippen LogP contribution >= 0.6 is 0 Å². The van der Waals surface area contributed by atoms with Gasteiger partial charge in [0.05, 0.1) is 26.5 Å². The Hall–Kier alpha value is -3.35. The lowest BCUT2D eigenvalue weighted by atomic mass is 10.0. The second kappa shape index (κ2) is 6.87. The molecule has 0 fully saturated rings. The van der Waals surface area contributed by atoms with E-state index in [2.05, 4.69) is 0 Å². The van der Waals surface area contributed by atoms with E-state index in [0.29, 0.717) is 33.6 Å². The molecule has 1 aliphatic carbocycles. The maximum absolute atomic E-state index is 12.0. The summed E-state index contributed by atoms with van der Waals surface area (Å²) in [5.74, 6) is 1.09. The van der Waals surface area contributed by atoms with Crippen LogP contribution in [0.2, 0.25) is 0 Å². The molecule has 0 atom stereocenters. The minimum absolute atomic E-state index is 0.0344. The number of hydrogen-bond donors (Lipinski definition) is 2. The van der Waals surface area contributed by atoms with Crippen molar-refractivity contribution >= 4 is 11.8 Å². The molecule has 0 saturated carbocycles. The van der Waals surface area contributed by atoms with Gasteiger partial charge in [-0.15, -0.1) is 0 Å². The summed E-state index contributed by atoms with van der Waals surface area (Å²) in [6.07, 6.45) is 2.82. The van der Waals surface area contributed by atoms with Crippen LogP contribution in [0.5, 0.6) is 17.2 Å². The highest BCUT2D eigenvalue weighted by Gasteiger charge is 2.17. The zero-order chi connectivity index (χ0) is 18.8. The Labute approximate surface area is 148 Å². The first-order valence-electron chi connectivity index (χ1n) is 7.76. The molecule has 3 rings (SSSR count). The van der Waals surface area contributed by atoms with E-state index < -0.39 is 5.63 Å². The first-order chi connectivity index (χ1) is 12.5. The number of aliphatic hydroxyl groups is 2. The quantitative estimate of drug-likeness (QED) is 0.857. The molecule has 1 aromatic carbocycles. The maximum atomic E-state index is 12.0. The van der Waals surface area contributed by atoms with E-state index in [1.807, 2.05) is 0 Å². The number of rotatable bonds is 4. The normalized spacial score (nSPS) is 13.2. The summed E-state index contributed by atoms with van der Waals surface area (Å²) >= 11 is 0. The van der Waals surface area contributed by atoms with Crippen molar-refractivity contribution in [3.63, 3.8) is 0 Å².